The van der Waals surface area contributed by atoms with E-state index in [1.807, 2.05) is 4.90 Å². The Morgan fingerprint density at radius 2 is 1.34 bits per heavy atom. The van der Waals surface area contributed by atoms with E-state index in [1.54, 1.807) is 10.5 Å². The molecular weight excluding hydrogens is 352 g/mol. The summed E-state index contributed by atoms with van der Waals surface area (Å²) in [6.45, 7) is 6.51. The summed E-state index contributed by atoms with van der Waals surface area (Å²) in [7, 11) is 0. The summed E-state index contributed by atoms with van der Waals surface area (Å²) in [6, 6.07) is 27.7. The van der Waals surface area contributed by atoms with Crippen molar-refractivity contribution in [1.82, 2.24) is 0 Å². The molecule has 1 aliphatic carbocycles. The quantitative estimate of drug-likeness (QED) is 0.682. The van der Waals surface area contributed by atoms with Crippen molar-refractivity contribution < 1.29 is 9.80 Å². The van der Waals surface area contributed by atoms with Crippen molar-refractivity contribution in [1.29, 1.82) is 0 Å². The summed E-state index contributed by atoms with van der Waals surface area (Å²) in [6.07, 6.45) is 5.58. The lowest BCUT2D eigenvalue weighted by Crippen LogP contribution is -3.29. The molecule has 3 aromatic rings. The first-order valence-corrected chi connectivity index (χ1v) is 11.6. The molecule has 1 aliphatic heterocycles. The monoisotopic (exact) mass is 386 g/mol. The first kappa shape index (κ1) is 18.8. The van der Waals surface area contributed by atoms with Crippen molar-refractivity contribution >= 4 is 10.8 Å². The van der Waals surface area contributed by atoms with Gasteiger partial charge in [0, 0.05) is 5.56 Å². The van der Waals surface area contributed by atoms with Crippen molar-refractivity contribution in [3.05, 3.63) is 83.9 Å². The molecule has 1 saturated heterocycles. The molecule has 3 aromatic carbocycles. The molecule has 0 atom stereocenters. The van der Waals surface area contributed by atoms with Crippen LogP contribution in [-0.2, 0) is 6.54 Å². The van der Waals surface area contributed by atoms with E-state index in [0.717, 1.165) is 12.0 Å². The highest BCUT2D eigenvalue weighted by molar-refractivity contribution is 5.85. The number of quaternary nitrogens is 2. The van der Waals surface area contributed by atoms with Crippen LogP contribution in [0.3, 0.4) is 0 Å². The van der Waals surface area contributed by atoms with Crippen molar-refractivity contribution in [2.24, 2.45) is 0 Å². The molecule has 150 valence electrons. The third-order valence-electron chi connectivity index (χ3n) is 7.50. The number of fused-ring (bicyclic) bond motifs is 1. The van der Waals surface area contributed by atoms with Crippen LogP contribution in [0.25, 0.3) is 10.8 Å². The third-order valence-corrected chi connectivity index (χ3v) is 7.50. The van der Waals surface area contributed by atoms with Crippen molar-refractivity contribution in [2.45, 2.75) is 44.2 Å². The van der Waals surface area contributed by atoms with Gasteiger partial charge >= 0.3 is 0 Å². The molecule has 0 amide bonds. The van der Waals surface area contributed by atoms with Gasteiger partial charge in [0.2, 0.25) is 0 Å². The Balaban J connectivity index is 1.14. The first-order chi connectivity index (χ1) is 14.4. The fourth-order valence-electron chi connectivity index (χ4n) is 5.79. The van der Waals surface area contributed by atoms with E-state index in [0.29, 0.717) is 0 Å². The second kappa shape index (κ2) is 8.69. The molecule has 0 spiro atoms. The van der Waals surface area contributed by atoms with Crippen LogP contribution in [0.1, 0.15) is 42.7 Å². The topological polar surface area (TPSA) is 8.88 Å². The molecule has 0 bridgehead atoms. The molecule has 2 aliphatic rings. The molecule has 2 N–H and O–H groups in total. The van der Waals surface area contributed by atoms with Gasteiger partial charge in [-0.25, -0.2) is 0 Å². The average molecular weight is 387 g/mol. The third kappa shape index (κ3) is 4.24. The van der Waals surface area contributed by atoms with E-state index in [-0.39, 0.29) is 0 Å². The molecule has 29 heavy (non-hydrogen) atoms. The number of hydrogen-bond donors (Lipinski definition) is 2. The first-order valence-electron chi connectivity index (χ1n) is 11.6. The normalized spacial score (nSPS) is 27.7. The van der Waals surface area contributed by atoms with Gasteiger partial charge in [0.1, 0.15) is 32.7 Å². The molecule has 0 aromatic heterocycles. The molecule has 1 heterocycles. The summed E-state index contributed by atoms with van der Waals surface area (Å²) < 4.78 is 0. The van der Waals surface area contributed by atoms with E-state index < -0.39 is 0 Å². The van der Waals surface area contributed by atoms with E-state index in [9.17, 15) is 0 Å². The minimum absolute atomic E-state index is 0.796. The number of rotatable bonds is 4. The van der Waals surface area contributed by atoms with Gasteiger partial charge in [-0.2, -0.15) is 0 Å². The molecule has 2 fully saturated rings. The second-order valence-corrected chi connectivity index (χ2v) is 9.18. The highest BCUT2D eigenvalue weighted by Crippen LogP contribution is 2.31. The van der Waals surface area contributed by atoms with Crippen LogP contribution in [0, 0.1) is 0 Å². The van der Waals surface area contributed by atoms with Crippen LogP contribution in [-0.4, -0.2) is 32.2 Å². The maximum absolute atomic E-state index is 2.33. The van der Waals surface area contributed by atoms with Crippen LogP contribution in [0.4, 0.5) is 0 Å². The largest absolute Gasteiger partial charge is 0.323 e. The van der Waals surface area contributed by atoms with Crippen molar-refractivity contribution in [3.8, 4) is 0 Å². The Morgan fingerprint density at radius 1 is 0.655 bits per heavy atom. The Morgan fingerprint density at radius 3 is 2.14 bits per heavy atom. The number of nitrogens with one attached hydrogen (secondary N) is 2. The van der Waals surface area contributed by atoms with Crippen LogP contribution >= 0.6 is 0 Å². The second-order valence-electron chi connectivity index (χ2n) is 9.18. The maximum atomic E-state index is 2.33. The van der Waals surface area contributed by atoms with E-state index in [4.69, 9.17) is 0 Å². The highest BCUT2D eigenvalue weighted by atomic mass is 15.3. The van der Waals surface area contributed by atoms with Crippen LogP contribution < -0.4 is 9.80 Å². The SMILES string of the molecule is c1ccc(C2CCC([NH+]3CC[NH+](Cc4cccc5ccccc45)CC3)CC2)cc1. The number of hydrogen-bond acceptors (Lipinski definition) is 0. The van der Waals surface area contributed by atoms with Crippen LogP contribution in [0.5, 0.6) is 0 Å². The standard InChI is InChI=1S/C27H32N2/c1-2-7-22(8-3-1)23-13-15-26(16-14-23)29-19-17-28(18-20-29)21-25-11-6-10-24-9-4-5-12-27(24)25/h1-12,23,26H,13-21H2/p+2. The molecule has 0 unspecified atom stereocenters. The minimum atomic E-state index is 0.796. The highest BCUT2D eigenvalue weighted by Gasteiger charge is 2.33. The Labute approximate surface area is 175 Å². The van der Waals surface area contributed by atoms with Gasteiger partial charge in [-0.3, -0.25) is 0 Å². The lowest BCUT2D eigenvalue weighted by atomic mass is 9.81. The predicted molar refractivity (Wildman–Crippen MR) is 120 cm³/mol. The zero-order valence-electron chi connectivity index (χ0n) is 17.4. The van der Waals surface area contributed by atoms with Gasteiger partial charge in [0.05, 0.1) is 6.04 Å². The van der Waals surface area contributed by atoms with E-state index in [1.165, 1.54) is 74.7 Å². The molecule has 2 nitrogen and oxygen atoms in total. The molecule has 2 heteroatoms. The summed E-state index contributed by atoms with van der Waals surface area (Å²) in [5.74, 6) is 0.796. The molecule has 5 rings (SSSR count). The van der Waals surface area contributed by atoms with Gasteiger partial charge in [0.15, 0.2) is 0 Å². The Bertz CT molecular complexity index is 914. The summed E-state index contributed by atoms with van der Waals surface area (Å²) >= 11 is 0. The minimum Gasteiger partial charge on any atom is -0.323 e. The molecular formula is C27H34N2+2. The van der Waals surface area contributed by atoms with E-state index >= 15 is 0 Å². The van der Waals surface area contributed by atoms with Gasteiger partial charge < -0.3 is 9.80 Å². The lowest BCUT2D eigenvalue weighted by molar-refractivity contribution is -1.03. The zero-order chi connectivity index (χ0) is 19.5. The van der Waals surface area contributed by atoms with Gasteiger partial charge in [-0.05, 0) is 47.9 Å². The van der Waals surface area contributed by atoms with Gasteiger partial charge in [-0.15, -0.1) is 0 Å². The predicted octanol–water partition coefficient (Wildman–Crippen LogP) is 2.85. The van der Waals surface area contributed by atoms with Gasteiger partial charge in [0.25, 0.3) is 0 Å². The molecule has 0 radical (unpaired) electrons. The Kier molecular flexibility index (Phi) is 5.64. The summed E-state index contributed by atoms with van der Waals surface area (Å²) in [5, 5.41) is 2.82. The maximum Gasteiger partial charge on any atom is 0.127 e. The zero-order valence-corrected chi connectivity index (χ0v) is 17.4. The van der Waals surface area contributed by atoms with Crippen LogP contribution in [0.2, 0.25) is 0 Å². The fourth-order valence-corrected chi connectivity index (χ4v) is 5.79. The van der Waals surface area contributed by atoms with Crippen molar-refractivity contribution in [2.75, 3.05) is 26.2 Å². The number of benzene rings is 3. The van der Waals surface area contributed by atoms with E-state index in [2.05, 4.69) is 72.8 Å². The lowest BCUT2D eigenvalue weighted by Gasteiger charge is -2.38. The van der Waals surface area contributed by atoms with Crippen molar-refractivity contribution in [3.63, 3.8) is 0 Å². The number of piperazine rings is 1. The fraction of sp³-hybridized carbons (Fsp3) is 0.407. The summed E-state index contributed by atoms with van der Waals surface area (Å²) in [4.78, 5) is 3.65. The summed E-state index contributed by atoms with van der Waals surface area (Å²) in [5.41, 5.74) is 3.08. The smallest absolute Gasteiger partial charge is 0.127 e. The van der Waals surface area contributed by atoms with Gasteiger partial charge in [-0.1, -0.05) is 72.8 Å². The van der Waals surface area contributed by atoms with Crippen LogP contribution in [0.15, 0.2) is 72.8 Å². The average Bonchev–Trinajstić information content (AvgIpc) is 2.81. The Hall–Kier alpha value is -2.16. The molecule has 1 saturated carbocycles.